The molecular formula is C49H29N3S. The quantitative estimate of drug-likeness (QED) is 0.169. The van der Waals surface area contributed by atoms with E-state index in [1.165, 1.54) is 85.7 Å². The van der Waals surface area contributed by atoms with Gasteiger partial charge in [0.05, 0.1) is 37.8 Å². The standard InChI is InChI=1S/C49H29N3S/c1-2-12-34-30(11-1)23-27-40-47(34)46(49-48(50-40)38-16-6-10-20-45(38)53-49)31-21-24-32(25-22-31)51-43-19-9-5-15-37(43)39-29-33(26-28-44(39)51)52-41-17-7-3-13-35(41)36-14-4-8-18-42(36)52/h1-29H. The van der Waals surface area contributed by atoms with Crippen LogP contribution in [-0.2, 0) is 0 Å². The fourth-order valence-corrected chi connectivity index (χ4v) is 10.0. The first-order chi connectivity index (χ1) is 26.3. The number of para-hydroxylation sites is 3. The summed E-state index contributed by atoms with van der Waals surface area (Å²) in [6.45, 7) is 0. The molecule has 12 aromatic rings. The second-order valence-corrected chi connectivity index (χ2v) is 15.0. The molecule has 12 rings (SSSR count). The summed E-state index contributed by atoms with van der Waals surface area (Å²) in [5.41, 5.74) is 11.7. The molecule has 53 heavy (non-hydrogen) atoms. The maximum atomic E-state index is 5.29. The van der Waals surface area contributed by atoms with Crippen molar-refractivity contribution in [3.63, 3.8) is 0 Å². The highest BCUT2D eigenvalue weighted by molar-refractivity contribution is 7.26. The molecule has 0 N–H and O–H groups in total. The lowest BCUT2D eigenvalue weighted by molar-refractivity contribution is 1.17. The third kappa shape index (κ3) is 4.07. The molecule has 0 radical (unpaired) electrons. The molecule has 8 aromatic carbocycles. The molecule has 0 unspecified atom stereocenters. The molecule has 0 bridgehead atoms. The topological polar surface area (TPSA) is 22.8 Å². The molecule has 0 saturated heterocycles. The molecule has 0 saturated carbocycles. The van der Waals surface area contributed by atoms with E-state index in [0.717, 1.165) is 22.4 Å². The Labute approximate surface area is 308 Å². The molecule has 4 aromatic heterocycles. The maximum absolute atomic E-state index is 5.29. The lowest BCUT2D eigenvalue weighted by Crippen LogP contribution is -1.96. The highest BCUT2D eigenvalue weighted by atomic mass is 32.1. The predicted octanol–water partition coefficient (Wildman–Crippen LogP) is 13.6. The van der Waals surface area contributed by atoms with Crippen LogP contribution in [0.3, 0.4) is 0 Å². The third-order valence-corrected chi connectivity index (χ3v) is 12.3. The van der Waals surface area contributed by atoms with Gasteiger partial charge in [0.15, 0.2) is 0 Å². The van der Waals surface area contributed by atoms with Crippen LogP contribution in [0.2, 0.25) is 0 Å². The minimum Gasteiger partial charge on any atom is -0.309 e. The predicted molar refractivity (Wildman–Crippen MR) is 226 cm³/mol. The van der Waals surface area contributed by atoms with E-state index in [1.807, 2.05) is 11.3 Å². The minimum atomic E-state index is 1.03. The maximum Gasteiger partial charge on any atom is 0.0902 e. The zero-order valence-electron chi connectivity index (χ0n) is 28.5. The van der Waals surface area contributed by atoms with Gasteiger partial charge in [-0.3, -0.25) is 0 Å². The van der Waals surface area contributed by atoms with Crippen molar-refractivity contribution in [2.24, 2.45) is 0 Å². The van der Waals surface area contributed by atoms with Gasteiger partial charge >= 0.3 is 0 Å². The minimum absolute atomic E-state index is 1.03. The molecule has 246 valence electrons. The molecule has 0 amide bonds. The number of benzene rings is 8. The van der Waals surface area contributed by atoms with Crippen molar-refractivity contribution in [3.05, 3.63) is 176 Å². The van der Waals surface area contributed by atoms with Crippen molar-refractivity contribution in [3.8, 4) is 22.5 Å². The second kappa shape index (κ2) is 10.9. The number of nitrogens with zero attached hydrogens (tertiary/aromatic N) is 3. The number of rotatable bonds is 3. The molecule has 3 nitrogen and oxygen atoms in total. The van der Waals surface area contributed by atoms with Crippen LogP contribution in [0.4, 0.5) is 0 Å². The van der Waals surface area contributed by atoms with Crippen LogP contribution in [0.1, 0.15) is 0 Å². The molecule has 0 fully saturated rings. The van der Waals surface area contributed by atoms with Crippen LogP contribution in [0.15, 0.2) is 176 Å². The summed E-state index contributed by atoms with van der Waals surface area (Å²) in [6.07, 6.45) is 0. The van der Waals surface area contributed by atoms with E-state index >= 15 is 0 Å². The summed E-state index contributed by atoms with van der Waals surface area (Å²) in [4.78, 5) is 5.29. The summed E-state index contributed by atoms with van der Waals surface area (Å²) < 4.78 is 7.32. The van der Waals surface area contributed by atoms with Gasteiger partial charge in [-0.25, -0.2) is 4.98 Å². The van der Waals surface area contributed by atoms with Gasteiger partial charge < -0.3 is 9.13 Å². The molecule has 0 aliphatic heterocycles. The molecule has 4 heteroatoms. The van der Waals surface area contributed by atoms with E-state index in [0.29, 0.717) is 0 Å². The van der Waals surface area contributed by atoms with Crippen molar-refractivity contribution in [2.45, 2.75) is 0 Å². The van der Waals surface area contributed by atoms with E-state index in [2.05, 4.69) is 185 Å². The third-order valence-electron chi connectivity index (χ3n) is 11.1. The molecule has 4 heterocycles. The summed E-state index contributed by atoms with van der Waals surface area (Å²) in [6, 6.07) is 64.1. The van der Waals surface area contributed by atoms with Crippen LogP contribution in [-0.4, -0.2) is 14.1 Å². The molecule has 0 aliphatic carbocycles. The molecule has 0 atom stereocenters. The van der Waals surface area contributed by atoms with E-state index in [4.69, 9.17) is 4.98 Å². The monoisotopic (exact) mass is 691 g/mol. The van der Waals surface area contributed by atoms with Crippen molar-refractivity contribution in [1.29, 1.82) is 0 Å². The first-order valence-electron chi connectivity index (χ1n) is 18.1. The van der Waals surface area contributed by atoms with E-state index in [1.54, 1.807) is 0 Å². The van der Waals surface area contributed by atoms with Gasteiger partial charge in [0.1, 0.15) is 0 Å². The Balaban J connectivity index is 1.08. The Morgan fingerprint density at radius 3 is 1.68 bits per heavy atom. The number of aromatic nitrogens is 3. The average molecular weight is 692 g/mol. The van der Waals surface area contributed by atoms with Gasteiger partial charge in [-0.05, 0) is 77.0 Å². The SMILES string of the molecule is c1ccc2c(c1)ccc1nc3c(sc4ccccc43)c(-c3ccc(-n4c5ccccc5c5cc(-n6c7ccccc7c7ccccc76)ccc54)cc3)c12. The van der Waals surface area contributed by atoms with Gasteiger partial charge in [-0.15, -0.1) is 11.3 Å². The van der Waals surface area contributed by atoms with E-state index in [9.17, 15) is 0 Å². The first kappa shape index (κ1) is 28.9. The number of fused-ring (bicyclic) bond motifs is 12. The highest BCUT2D eigenvalue weighted by Crippen LogP contribution is 2.45. The van der Waals surface area contributed by atoms with Gasteiger partial charge in [-0.1, -0.05) is 115 Å². The van der Waals surface area contributed by atoms with Crippen LogP contribution in [0, 0.1) is 0 Å². The first-order valence-corrected chi connectivity index (χ1v) is 18.9. The molecule has 0 aliphatic rings. The van der Waals surface area contributed by atoms with Gasteiger partial charge in [-0.2, -0.15) is 0 Å². The Kier molecular flexibility index (Phi) is 5.93. The Morgan fingerprint density at radius 1 is 0.415 bits per heavy atom. The summed E-state index contributed by atoms with van der Waals surface area (Å²) in [5.74, 6) is 0. The van der Waals surface area contributed by atoms with Crippen molar-refractivity contribution < 1.29 is 0 Å². The van der Waals surface area contributed by atoms with Crippen molar-refractivity contribution >= 4 is 96.9 Å². The number of thiophene rings is 1. The number of hydrogen-bond donors (Lipinski definition) is 0. The molecule has 0 spiro atoms. The summed E-state index contributed by atoms with van der Waals surface area (Å²) in [7, 11) is 0. The second-order valence-electron chi connectivity index (χ2n) is 13.9. The number of pyridine rings is 1. The van der Waals surface area contributed by atoms with Crippen LogP contribution < -0.4 is 0 Å². The summed E-state index contributed by atoms with van der Waals surface area (Å²) in [5, 5.41) is 9.91. The zero-order valence-corrected chi connectivity index (χ0v) is 29.3. The van der Waals surface area contributed by atoms with Crippen LogP contribution in [0.25, 0.3) is 108 Å². The fourth-order valence-electron chi connectivity index (χ4n) is 8.79. The van der Waals surface area contributed by atoms with Gasteiger partial charge in [0.2, 0.25) is 0 Å². The van der Waals surface area contributed by atoms with Gasteiger partial charge in [0.25, 0.3) is 0 Å². The van der Waals surface area contributed by atoms with Crippen molar-refractivity contribution in [2.75, 3.05) is 0 Å². The number of hydrogen-bond acceptors (Lipinski definition) is 2. The molecular weight excluding hydrogens is 663 g/mol. The van der Waals surface area contributed by atoms with E-state index in [-0.39, 0.29) is 0 Å². The highest BCUT2D eigenvalue weighted by Gasteiger charge is 2.20. The van der Waals surface area contributed by atoms with Gasteiger partial charge in [0, 0.05) is 54.0 Å². The Hall–Kier alpha value is -6.75. The normalized spacial score (nSPS) is 12.2. The summed E-state index contributed by atoms with van der Waals surface area (Å²) >= 11 is 1.84. The lowest BCUT2D eigenvalue weighted by Gasteiger charge is -2.14. The average Bonchev–Trinajstić information content (AvgIpc) is 3.87. The lowest BCUT2D eigenvalue weighted by atomic mass is 9.95. The van der Waals surface area contributed by atoms with E-state index < -0.39 is 0 Å². The Bertz CT molecular complexity index is 3400. The smallest absolute Gasteiger partial charge is 0.0902 e. The van der Waals surface area contributed by atoms with Crippen LogP contribution in [0.5, 0.6) is 0 Å². The zero-order chi connectivity index (χ0) is 34.6. The van der Waals surface area contributed by atoms with Crippen LogP contribution >= 0.6 is 11.3 Å². The Morgan fingerprint density at radius 2 is 0.962 bits per heavy atom. The fraction of sp³-hybridized carbons (Fsp3) is 0. The van der Waals surface area contributed by atoms with Crippen molar-refractivity contribution in [1.82, 2.24) is 14.1 Å². The largest absolute Gasteiger partial charge is 0.309 e.